The number of carbonyl (C=O) groups excluding carboxylic acids is 2. The Bertz CT molecular complexity index is 2010. The molecule has 0 fully saturated rings. The van der Waals surface area contributed by atoms with Gasteiger partial charge in [0.05, 0.1) is 0 Å². The van der Waals surface area contributed by atoms with Crippen LogP contribution in [-0.2, 0) is 56.9 Å². The van der Waals surface area contributed by atoms with Gasteiger partial charge in [-0.1, -0.05) is 132 Å². The lowest BCUT2D eigenvalue weighted by Crippen LogP contribution is -2.28. The lowest BCUT2D eigenvalue weighted by molar-refractivity contribution is -0.131. The molecule has 1 aliphatic rings. The van der Waals surface area contributed by atoms with Gasteiger partial charge >= 0.3 is 0 Å². The molecule has 0 unspecified atom stereocenters. The molecule has 324 valence electrons. The Morgan fingerprint density at radius 2 is 0.633 bits per heavy atom. The summed E-state index contributed by atoms with van der Waals surface area (Å²) in [5, 5.41) is 24.9. The number of rotatable bonds is 6. The second kappa shape index (κ2) is 16.8. The summed E-state index contributed by atoms with van der Waals surface area (Å²) >= 11 is 0. The highest BCUT2D eigenvalue weighted by Gasteiger charge is 2.29. The zero-order valence-electron chi connectivity index (χ0n) is 39.3. The number of hydrogen-bond donors (Lipinski definition) is 2. The number of carbonyl (C=O) groups is 2. The third-order valence-electron chi connectivity index (χ3n) is 11.7. The number of amides is 2. The van der Waals surface area contributed by atoms with Gasteiger partial charge in [-0.2, -0.15) is 0 Å². The summed E-state index contributed by atoms with van der Waals surface area (Å²) in [5.41, 5.74) is 9.62. The third-order valence-corrected chi connectivity index (χ3v) is 11.7. The van der Waals surface area contributed by atoms with Crippen molar-refractivity contribution in [1.29, 1.82) is 0 Å². The van der Waals surface area contributed by atoms with Gasteiger partial charge in [0.1, 0.15) is 23.0 Å². The summed E-state index contributed by atoms with van der Waals surface area (Å²) in [7, 11) is 6.86. The van der Waals surface area contributed by atoms with E-state index in [1.165, 1.54) is 9.80 Å². The standard InChI is InChI=1S/C52H70N2O6/c1-49(2,3)39-21-31-17-35-25-41(51(7,8)9)27-37(47(35)59-29-43(55)53(13)14)19-33-23-40(50(4,5)6)24-34(46(33)58)20-38-28-42(52(10,11)12)26-36(18-32(22-39)45(31)57)48(38)60-30-44(56)54(15)16/h21-28,57-58H,17-20,29-30H2,1-16H3. The van der Waals surface area contributed by atoms with E-state index in [0.717, 1.165) is 66.8 Å². The summed E-state index contributed by atoms with van der Waals surface area (Å²) in [4.78, 5) is 29.2. The molecule has 2 N–H and O–H groups in total. The predicted molar refractivity (Wildman–Crippen MR) is 243 cm³/mol. The van der Waals surface area contributed by atoms with Crippen LogP contribution in [0.15, 0.2) is 48.5 Å². The van der Waals surface area contributed by atoms with Gasteiger partial charge in [0, 0.05) is 53.9 Å². The summed E-state index contributed by atoms with van der Waals surface area (Å²) in [6, 6.07) is 17.0. The molecule has 4 aromatic carbocycles. The minimum Gasteiger partial charge on any atom is -0.507 e. The number of aromatic hydroxyl groups is 2. The zero-order chi connectivity index (χ0) is 44.9. The first-order chi connectivity index (χ1) is 27.5. The Hall–Kier alpha value is -4.98. The van der Waals surface area contributed by atoms with Crippen LogP contribution in [0.3, 0.4) is 0 Å². The van der Waals surface area contributed by atoms with Crippen LogP contribution in [0.2, 0.25) is 0 Å². The second-order valence-electron chi connectivity index (χ2n) is 21.4. The molecular weight excluding hydrogens is 749 g/mol. The molecule has 4 aromatic rings. The normalized spacial score (nSPS) is 13.5. The lowest BCUT2D eigenvalue weighted by Gasteiger charge is -2.28. The van der Waals surface area contributed by atoms with E-state index < -0.39 is 0 Å². The maximum absolute atomic E-state index is 13.1. The van der Waals surface area contributed by atoms with E-state index in [1.807, 2.05) is 0 Å². The minimum atomic E-state index is -0.255. The molecule has 0 aliphatic heterocycles. The number of nitrogens with zero attached hydrogens (tertiary/aromatic N) is 2. The fourth-order valence-corrected chi connectivity index (χ4v) is 7.54. The van der Waals surface area contributed by atoms with Gasteiger partial charge in [0.2, 0.25) is 0 Å². The Balaban J connectivity index is 1.95. The molecule has 0 heterocycles. The molecule has 5 rings (SSSR count). The van der Waals surface area contributed by atoms with E-state index in [4.69, 9.17) is 9.47 Å². The summed E-state index contributed by atoms with van der Waals surface area (Å²) < 4.78 is 13.2. The Labute approximate surface area is 359 Å². The Morgan fingerprint density at radius 3 is 0.817 bits per heavy atom. The van der Waals surface area contributed by atoms with Gasteiger partial charge in [0.25, 0.3) is 11.8 Å². The van der Waals surface area contributed by atoms with Gasteiger partial charge in [-0.05, 0) is 88.4 Å². The number of phenolic OH excluding ortho intramolecular Hbond substituents is 2. The Morgan fingerprint density at radius 1 is 0.433 bits per heavy atom. The highest BCUT2D eigenvalue weighted by molar-refractivity contribution is 5.78. The van der Waals surface area contributed by atoms with Crippen LogP contribution in [0, 0.1) is 0 Å². The number of fused-ring (bicyclic) bond motifs is 8. The van der Waals surface area contributed by atoms with Crippen LogP contribution in [0.5, 0.6) is 23.0 Å². The van der Waals surface area contributed by atoms with Crippen LogP contribution in [0.25, 0.3) is 0 Å². The largest absolute Gasteiger partial charge is 0.507 e. The van der Waals surface area contributed by atoms with E-state index in [1.54, 1.807) is 28.2 Å². The number of phenols is 2. The summed E-state index contributed by atoms with van der Waals surface area (Å²) in [5.74, 6) is 1.18. The lowest BCUT2D eigenvalue weighted by atomic mass is 9.79. The Kier molecular flexibility index (Phi) is 12.9. The smallest absolute Gasteiger partial charge is 0.259 e. The van der Waals surface area contributed by atoms with Crippen LogP contribution >= 0.6 is 0 Å². The number of ether oxygens (including phenoxy) is 2. The average Bonchev–Trinajstić information content (AvgIpc) is 3.11. The van der Waals surface area contributed by atoms with Crippen molar-refractivity contribution in [3.05, 3.63) is 115 Å². The van der Waals surface area contributed by atoms with Crippen molar-refractivity contribution in [3.8, 4) is 23.0 Å². The zero-order valence-corrected chi connectivity index (χ0v) is 39.3. The first-order valence-electron chi connectivity index (χ1n) is 21.2. The van der Waals surface area contributed by atoms with Crippen LogP contribution in [-0.4, -0.2) is 73.2 Å². The molecular formula is C52H70N2O6. The van der Waals surface area contributed by atoms with Gasteiger partial charge in [0.15, 0.2) is 13.2 Å². The fourth-order valence-electron chi connectivity index (χ4n) is 7.54. The quantitative estimate of drug-likeness (QED) is 0.177. The molecule has 0 spiro atoms. The maximum Gasteiger partial charge on any atom is 0.259 e. The first kappa shape index (κ1) is 46.1. The molecule has 0 saturated carbocycles. The van der Waals surface area contributed by atoms with Crippen molar-refractivity contribution >= 4 is 11.8 Å². The molecule has 0 aromatic heterocycles. The predicted octanol–water partition coefficient (Wildman–Crippen LogP) is 9.90. The minimum absolute atomic E-state index is 0.162. The van der Waals surface area contributed by atoms with Crippen molar-refractivity contribution in [2.45, 2.75) is 130 Å². The summed E-state index contributed by atoms with van der Waals surface area (Å²) in [6.45, 7) is 25.8. The molecule has 8 nitrogen and oxygen atoms in total. The van der Waals surface area contributed by atoms with Gasteiger partial charge < -0.3 is 29.5 Å². The van der Waals surface area contributed by atoms with E-state index >= 15 is 0 Å². The average molecular weight is 819 g/mol. The van der Waals surface area contributed by atoms with Crippen LogP contribution in [0.1, 0.15) is 150 Å². The highest BCUT2D eigenvalue weighted by atomic mass is 16.5. The summed E-state index contributed by atoms with van der Waals surface area (Å²) in [6.07, 6.45) is 1.33. The monoisotopic (exact) mass is 819 g/mol. The second-order valence-corrected chi connectivity index (χ2v) is 21.4. The van der Waals surface area contributed by atoms with E-state index in [0.29, 0.717) is 37.2 Å². The van der Waals surface area contributed by atoms with Gasteiger partial charge in [-0.15, -0.1) is 0 Å². The molecule has 0 atom stereocenters. The van der Waals surface area contributed by atoms with E-state index in [-0.39, 0.29) is 58.2 Å². The first-order valence-corrected chi connectivity index (χ1v) is 21.2. The van der Waals surface area contributed by atoms with Crippen LogP contribution in [0.4, 0.5) is 0 Å². The number of likely N-dealkylation sites (N-methyl/N-ethyl adjacent to an activating group) is 2. The molecule has 0 radical (unpaired) electrons. The van der Waals surface area contributed by atoms with Crippen molar-refractivity contribution in [3.63, 3.8) is 0 Å². The third kappa shape index (κ3) is 10.5. The van der Waals surface area contributed by atoms with Crippen molar-refractivity contribution < 1.29 is 29.3 Å². The molecule has 1 aliphatic carbocycles. The number of benzene rings is 4. The highest BCUT2D eigenvalue weighted by Crippen LogP contribution is 2.43. The molecule has 8 bridgehead atoms. The fraction of sp³-hybridized carbons (Fsp3) is 0.500. The number of hydrogen-bond acceptors (Lipinski definition) is 6. The van der Waals surface area contributed by atoms with Gasteiger partial charge in [-0.25, -0.2) is 0 Å². The molecule has 0 saturated heterocycles. The van der Waals surface area contributed by atoms with Crippen molar-refractivity contribution in [1.82, 2.24) is 9.80 Å². The van der Waals surface area contributed by atoms with Gasteiger partial charge in [-0.3, -0.25) is 9.59 Å². The van der Waals surface area contributed by atoms with Crippen molar-refractivity contribution in [2.75, 3.05) is 41.4 Å². The molecule has 8 heteroatoms. The van der Waals surface area contributed by atoms with E-state index in [2.05, 4.69) is 132 Å². The topological polar surface area (TPSA) is 99.5 Å². The molecule has 60 heavy (non-hydrogen) atoms. The maximum atomic E-state index is 13.1. The van der Waals surface area contributed by atoms with Crippen LogP contribution < -0.4 is 9.47 Å². The van der Waals surface area contributed by atoms with Crippen molar-refractivity contribution in [2.24, 2.45) is 0 Å². The van der Waals surface area contributed by atoms with E-state index in [9.17, 15) is 19.8 Å². The molecule has 2 amide bonds. The SMILES string of the molecule is CN(C)C(=O)COc1c2cc(C(C)(C)C)cc1Cc1cc(C(C)(C)C)cc(c1O)Cc1cc(C(C)(C)C)cc(c1OCC(=O)N(C)C)Cc1cc(C(C)(C)C)cc(c1O)C2.